The summed E-state index contributed by atoms with van der Waals surface area (Å²) in [7, 11) is 0. The van der Waals surface area contributed by atoms with Crippen molar-refractivity contribution in [3.8, 4) is 0 Å². The van der Waals surface area contributed by atoms with E-state index < -0.39 is 11.6 Å². The van der Waals surface area contributed by atoms with Crippen LogP contribution in [0.5, 0.6) is 0 Å². The highest BCUT2D eigenvalue weighted by Crippen LogP contribution is 2.23. The van der Waals surface area contributed by atoms with Crippen molar-refractivity contribution in [3.05, 3.63) is 33.8 Å². The number of hydrogen-bond acceptors (Lipinski definition) is 1. The SMILES string of the molecule is Fc1cc(Br)cc(F)c1CC1CCNC1. The van der Waals surface area contributed by atoms with Crippen molar-refractivity contribution in [2.45, 2.75) is 12.8 Å². The second kappa shape index (κ2) is 4.58. The molecule has 15 heavy (non-hydrogen) atoms. The average Bonchev–Trinajstić information content (AvgIpc) is 2.63. The molecule has 0 bridgehead atoms. The summed E-state index contributed by atoms with van der Waals surface area (Å²) in [6, 6.07) is 2.64. The topological polar surface area (TPSA) is 12.0 Å². The molecule has 0 saturated carbocycles. The smallest absolute Gasteiger partial charge is 0.130 e. The quantitative estimate of drug-likeness (QED) is 0.875. The van der Waals surface area contributed by atoms with Gasteiger partial charge in [-0.2, -0.15) is 0 Å². The van der Waals surface area contributed by atoms with Crippen molar-refractivity contribution < 1.29 is 8.78 Å². The Labute approximate surface area is 96.0 Å². The molecule has 0 amide bonds. The van der Waals surface area contributed by atoms with Gasteiger partial charge in [-0.05, 0) is 44.0 Å². The van der Waals surface area contributed by atoms with E-state index in [-0.39, 0.29) is 5.56 Å². The second-order valence-electron chi connectivity index (χ2n) is 3.91. The lowest BCUT2D eigenvalue weighted by molar-refractivity contribution is 0.505. The van der Waals surface area contributed by atoms with Gasteiger partial charge < -0.3 is 5.32 Å². The summed E-state index contributed by atoms with van der Waals surface area (Å²) in [5.74, 6) is -0.544. The molecule has 1 N–H and O–H groups in total. The van der Waals surface area contributed by atoms with E-state index in [1.807, 2.05) is 0 Å². The number of benzene rings is 1. The standard InChI is InChI=1S/C11H12BrF2N/c12-8-4-10(13)9(11(14)5-8)3-7-1-2-15-6-7/h4-5,7,15H,1-3,6H2. The summed E-state index contributed by atoms with van der Waals surface area (Å²) in [6.45, 7) is 1.80. The molecule has 4 heteroatoms. The molecule has 1 aromatic rings. The maximum absolute atomic E-state index is 13.5. The van der Waals surface area contributed by atoms with Gasteiger partial charge in [0.2, 0.25) is 0 Å². The van der Waals surface area contributed by atoms with Crippen molar-refractivity contribution in [2.24, 2.45) is 5.92 Å². The van der Waals surface area contributed by atoms with Crippen LogP contribution in [0.1, 0.15) is 12.0 Å². The van der Waals surface area contributed by atoms with Crippen LogP contribution in [-0.4, -0.2) is 13.1 Å². The highest BCUT2D eigenvalue weighted by atomic mass is 79.9. The van der Waals surface area contributed by atoms with Crippen LogP contribution >= 0.6 is 15.9 Å². The molecule has 1 unspecified atom stereocenters. The first-order chi connectivity index (χ1) is 7.16. The molecule has 1 fully saturated rings. The molecule has 1 heterocycles. The molecule has 1 aromatic carbocycles. The van der Waals surface area contributed by atoms with Crippen LogP contribution in [-0.2, 0) is 6.42 Å². The normalized spacial score (nSPS) is 20.9. The van der Waals surface area contributed by atoms with Crippen LogP contribution in [0.25, 0.3) is 0 Å². The lowest BCUT2D eigenvalue weighted by Crippen LogP contribution is -2.12. The van der Waals surface area contributed by atoms with Gasteiger partial charge in [-0.1, -0.05) is 15.9 Å². The van der Waals surface area contributed by atoms with Gasteiger partial charge >= 0.3 is 0 Å². The molecule has 0 aromatic heterocycles. The monoisotopic (exact) mass is 275 g/mol. The Morgan fingerprint density at radius 3 is 2.53 bits per heavy atom. The van der Waals surface area contributed by atoms with Crippen LogP contribution in [0.4, 0.5) is 8.78 Å². The minimum atomic E-state index is -0.450. The average molecular weight is 276 g/mol. The first kappa shape index (κ1) is 11.0. The molecule has 1 aliphatic rings. The third-order valence-corrected chi connectivity index (χ3v) is 3.22. The van der Waals surface area contributed by atoms with Crippen LogP contribution in [0.15, 0.2) is 16.6 Å². The molecule has 1 saturated heterocycles. The Balaban J connectivity index is 2.19. The Kier molecular flexibility index (Phi) is 3.36. The van der Waals surface area contributed by atoms with Crippen LogP contribution < -0.4 is 5.32 Å². The van der Waals surface area contributed by atoms with E-state index in [1.54, 1.807) is 0 Å². The van der Waals surface area contributed by atoms with Gasteiger partial charge in [-0.25, -0.2) is 8.78 Å². The zero-order valence-electron chi connectivity index (χ0n) is 8.19. The maximum atomic E-state index is 13.5. The van der Waals surface area contributed by atoms with Crippen molar-refractivity contribution in [2.75, 3.05) is 13.1 Å². The molecule has 82 valence electrons. The molecule has 1 nitrogen and oxygen atoms in total. The van der Waals surface area contributed by atoms with Crippen LogP contribution in [0, 0.1) is 17.6 Å². The lowest BCUT2D eigenvalue weighted by atomic mass is 9.98. The van der Waals surface area contributed by atoms with E-state index in [4.69, 9.17) is 0 Å². The molecule has 0 spiro atoms. The fraction of sp³-hybridized carbons (Fsp3) is 0.455. The van der Waals surface area contributed by atoms with Crippen LogP contribution in [0.3, 0.4) is 0 Å². The summed E-state index contributed by atoms with van der Waals surface area (Å²) in [5.41, 5.74) is 0.215. The first-order valence-corrected chi connectivity index (χ1v) is 5.80. The van der Waals surface area contributed by atoms with Crippen molar-refractivity contribution in [1.82, 2.24) is 5.32 Å². The van der Waals surface area contributed by atoms with Crippen LogP contribution in [0.2, 0.25) is 0 Å². The zero-order chi connectivity index (χ0) is 10.8. The molecular weight excluding hydrogens is 264 g/mol. The third-order valence-electron chi connectivity index (χ3n) is 2.76. The number of nitrogens with one attached hydrogen (secondary N) is 1. The van der Waals surface area contributed by atoms with Gasteiger partial charge in [0.25, 0.3) is 0 Å². The fourth-order valence-corrected chi connectivity index (χ4v) is 2.35. The van der Waals surface area contributed by atoms with Gasteiger partial charge in [0.15, 0.2) is 0 Å². The largest absolute Gasteiger partial charge is 0.316 e. The summed E-state index contributed by atoms with van der Waals surface area (Å²) >= 11 is 3.07. The Morgan fingerprint density at radius 2 is 2.00 bits per heavy atom. The maximum Gasteiger partial charge on any atom is 0.130 e. The number of hydrogen-bond donors (Lipinski definition) is 1. The van der Waals surface area contributed by atoms with Gasteiger partial charge in [0.1, 0.15) is 11.6 Å². The molecular formula is C11H12BrF2N. The lowest BCUT2D eigenvalue weighted by Gasteiger charge is -2.10. The highest BCUT2D eigenvalue weighted by molar-refractivity contribution is 9.10. The third kappa shape index (κ3) is 2.55. The minimum Gasteiger partial charge on any atom is -0.316 e. The first-order valence-electron chi connectivity index (χ1n) is 5.01. The predicted octanol–water partition coefficient (Wildman–Crippen LogP) is 2.88. The van der Waals surface area contributed by atoms with E-state index in [2.05, 4.69) is 21.2 Å². The summed E-state index contributed by atoms with van der Waals surface area (Å²) in [4.78, 5) is 0. The number of rotatable bonds is 2. The van der Waals surface area contributed by atoms with Crippen molar-refractivity contribution >= 4 is 15.9 Å². The molecule has 0 radical (unpaired) electrons. The summed E-state index contributed by atoms with van der Waals surface area (Å²) < 4.78 is 27.4. The summed E-state index contributed by atoms with van der Waals surface area (Å²) in [6.07, 6.45) is 1.48. The van der Waals surface area contributed by atoms with E-state index in [0.717, 1.165) is 19.5 Å². The minimum absolute atomic E-state index is 0.215. The van der Waals surface area contributed by atoms with E-state index in [0.29, 0.717) is 16.8 Å². The van der Waals surface area contributed by atoms with Gasteiger partial charge in [0, 0.05) is 10.0 Å². The molecule has 0 aliphatic carbocycles. The van der Waals surface area contributed by atoms with E-state index >= 15 is 0 Å². The number of halogens is 3. The van der Waals surface area contributed by atoms with Gasteiger partial charge in [-0.3, -0.25) is 0 Å². The molecule has 1 atom stereocenters. The zero-order valence-corrected chi connectivity index (χ0v) is 9.78. The van der Waals surface area contributed by atoms with Gasteiger partial charge in [-0.15, -0.1) is 0 Å². The second-order valence-corrected chi connectivity index (χ2v) is 4.83. The molecule has 1 aliphatic heterocycles. The van der Waals surface area contributed by atoms with Crippen molar-refractivity contribution in [1.29, 1.82) is 0 Å². The predicted molar refractivity (Wildman–Crippen MR) is 58.7 cm³/mol. The van der Waals surface area contributed by atoms with Gasteiger partial charge in [0.05, 0.1) is 0 Å². The molecule has 2 rings (SSSR count). The van der Waals surface area contributed by atoms with Crippen molar-refractivity contribution in [3.63, 3.8) is 0 Å². The fourth-order valence-electron chi connectivity index (χ4n) is 1.94. The van der Waals surface area contributed by atoms with E-state index in [9.17, 15) is 8.78 Å². The van der Waals surface area contributed by atoms with E-state index in [1.165, 1.54) is 12.1 Å². The Bertz CT molecular complexity index is 339. The Morgan fingerprint density at radius 1 is 1.33 bits per heavy atom. The Hall–Kier alpha value is -0.480. The highest BCUT2D eigenvalue weighted by Gasteiger charge is 2.19. The summed E-state index contributed by atoms with van der Waals surface area (Å²) in [5, 5.41) is 3.19.